The number of rotatable bonds is 9. The third-order valence-corrected chi connectivity index (χ3v) is 8.58. The summed E-state index contributed by atoms with van der Waals surface area (Å²) in [5, 5.41) is 1.27. The van der Waals surface area contributed by atoms with Crippen LogP contribution in [-0.2, 0) is 6.42 Å². The normalized spacial score (nSPS) is 20.1. The zero-order chi connectivity index (χ0) is 29.6. The molecule has 6 rings (SSSR count). The number of nitrogens with zero attached hydrogens (tertiary/aromatic N) is 2. The molecule has 3 aliphatic rings. The Morgan fingerprint density at radius 1 is 0.953 bits per heavy atom. The van der Waals surface area contributed by atoms with Crippen molar-refractivity contribution in [2.24, 2.45) is 11.8 Å². The predicted molar refractivity (Wildman–Crippen MR) is 186 cm³/mol. The first-order valence-electron chi connectivity index (χ1n) is 15.4. The molecule has 0 saturated carbocycles. The van der Waals surface area contributed by atoms with Crippen LogP contribution in [0.3, 0.4) is 0 Å². The molecule has 0 saturated heterocycles. The molecule has 0 spiro atoms. The minimum absolute atomic E-state index is 0.334. The molecule has 3 aliphatic carbocycles. The van der Waals surface area contributed by atoms with E-state index in [1.807, 2.05) is 0 Å². The number of para-hydroxylation sites is 1. The predicted octanol–water partition coefficient (Wildman–Crippen LogP) is 10.4. The van der Waals surface area contributed by atoms with Gasteiger partial charge in [-0.2, -0.15) is 0 Å². The molecule has 0 radical (unpaired) electrons. The Kier molecular flexibility index (Phi) is 8.56. The lowest BCUT2D eigenvalue weighted by atomic mass is 9.93. The van der Waals surface area contributed by atoms with E-state index < -0.39 is 0 Å². The van der Waals surface area contributed by atoms with Crippen LogP contribution in [-0.4, -0.2) is 11.1 Å². The second kappa shape index (κ2) is 13.0. The molecule has 0 bridgehead atoms. The van der Waals surface area contributed by atoms with Gasteiger partial charge in [-0.15, -0.1) is 0 Å². The largest absolute Gasteiger partial charge is 0.338 e. The molecule has 0 amide bonds. The highest BCUT2D eigenvalue weighted by molar-refractivity contribution is 5.95. The summed E-state index contributed by atoms with van der Waals surface area (Å²) in [6.45, 7) is 11.8. The van der Waals surface area contributed by atoms with Crippen LogP contribution < -0.4 is 4.90 Å². The highest BCUT2D eigenvalue weighted by Crippen LogP contribution is 2.36. The molecule has 2 heteroatoms. The zero-order valence-electron chi connectivity index (χ0n) is 25.1. The van der Waals surface area contributed by atoms with Gasteiger partial charge in [0.1, 0.15) is 0 Å². The first-order valence-corrected chi connectivity index (χ1v) is 15.4. The lowest BCUT2D eigenvalue weighted by Gasteiger charge is -2.24. The maximum atomic E-state index is 4.53. The molecule has 0 N–H and O–H groups in total. The van der Waals surface area contributed by atoms with Gasteiger partial charge in [-0.1, -0.05) is 123 Å². The fourth-order valence-electron chi connectivity index (χ4n) is 6.12. The molecule has 0 aliphatic heterocycles. The zero-order valence-corrected chi connectivity index (χ0v) is 25.1. The Labute approximate surface area is 256 Å². The van der Waals surface area contributed by atoms with Gasteiger partial charge in [-0.3, -0.25) is 0 Å². The van der Waals surface area contributed by atoms with Gasteiger partial charge in [0.25, 0.3) is 0 Å². The van der Waals surface area contributed by atoms with E-state index in [-0.39, 0.29) is 0 Å². The fourth-order valence-corrected chi connectivity index (χ4v) is 6.12. The van der Waals surface area contributed by atoms with Gasteiger partial charge in [0.2, 0.25) is 0 Å². The van der Waals surface area contributed by atoms with Gasteiger partial charge in [0.05, 0.1) is 5.52 Å². The van der Waals surface area contributed by atoms with Crippen LogP contribution in [0.2, 0.25) is 0 Å². The topological polar surface area (TPSA) is 8.17 Å². The number of aromatic nitrogens is 1. The van der Waals surface area contributed by atoms with Crippen LogP contribution >= 0.6 is 0 Å². The van der Waals surface area contributed by atoms with Crippen molar-refractivity contribution in [1.82, 2.24) is 4.57 Å². The molecule has 43 heavy (non-hydrogen) atoms. The number of hydrogen-bond acceptors (Lipinski definition) is 1. The van der Waals surface area contributed by atoms with Crippen molar-refractivity contribution in [3.63, 3.8) is 0 Å². The molecule has 1 heterocycles. The van der Waals surface area contributed by atoms with E-state index in [1.54, 1.807) is 0 Å². The lowest BCUT2D eigenvalue weighted by molar-refractivity contribution is 0.789. The summed E-state index contributed by atoms with van der Waals surface area (Å²) in [6.07, 6.45) is 35.8. The summed E-state index contributed by atoms with van der Waals surface area (Å²) in [7, 11) is 0. The smallest absolute Gasteiger partial charge is 0.0539 e. The fraction of sp³-hybridized carbons (Fsp3) is 0.171. The van der Waals surface area contributed by atoms with Crippen molar-refractivity contribution >= 4 is 22.7 Å². The maximum absolute atomic E-state index is 4.53. The van der Waals surface area contributed by atoms with Crippen LogP contribution in [0.4, 0.5) is 5.69 Å². The van der Waals surface area contributed by atoms with Gasteiger partial charge >= 0.3 is 0 Å². The molecular formula is C41H40N2. The Balaban J connectivity index is 1.35. The first-order chi connectivity index (χ1) is 21.1. The van der Waals surface area contributed by atoms with E-state index in [1.165, 1.54) is 33.4 Å². The molecule has 2 nitrogen and oxygen atoms in total. The van der Waals surface area contributed by atoms with Crippen molar-refractivity contribution < 1.29 is 0 Å². The second-order valence-corrected chi connectivity index (χ2v) is 11.5. The summed E-state index contributed by atoms with van der Waals surface area (Å²) < 4.78 is 2.44. The van der Waals surface area contributed by atoms with Crippen LogP contribution in [0.1, 0.15) is 31.0 Å². The van der Waals surface area contributed by atoms with E-state index in [4.69, 9.17) is 0 Å². The highest BCUT2D eigenvalue weighted by Gasteiger charge is 2.20. The van der Waals surface area contributed by atoms with Gasteiger partial charge in [0.15, 0.2) is 0 Å². The maximum Gasteiger partial charge on any atom is 0.0539 e. The van der Waals surface area contributed by atoms with Crippen LogP contribution in [0, 0.1) is 11.8 Å². The summed E-state index contributed by atoms with van der Waals surface area (Å²) in [6, 6.07) is 17.6. The highest BCUT2D eigenvalue weighted by atomic mass is 15.1. The second-order valence-electron chi connectivity index (χ2n) is 11.5. The summed E-state index contributed by atoms with van der Waals surface area (Å²) in [5.74, 6) is 0.759. The average Bonchev–Trinajstić information content (AvgIpc) is 3.39. The van der Waals surface area contributed by atoms with E-state index in [0.29, 0.717) is 18.4 Å². The number of anilines is 1. The molecule has 0 fully saturated rings. The van der Waals surface area contributed by atoms with Crippen molar-refractivity contribution in [2.45, 2.75) is 26.2 Å². The molecular weight excluding hydrogens is 520 g/mol. The Bertz CT molecular complexity index is 1760. The van der Waals surface area contributed by atoms with Crippen molar-refractivity contribution in [1.29, 1.82) is 0 Å². The Morgan fingerprint density at radius 2 is 1.81 bits per heavy atom. The number of allylic oxidation sites excluding steroid dienone is 15. The first kappa shape index (κ1) is 28.3. The average molecular weight is 561 g/mol. The van der Waals surface area contributed by atoms with Crippen molar-refractivity contribution in [3.8, 4) is 5.69 Å². The number of benzene rings is 2. The summed E-state index contributed by atoms with van der Waals surface area (Å²) in [4.78, 5) is 2.30. The Hall–Kier alpha value is -4.82. The van der Waals surface area contributed by atoms with Gasteiger partial charge in [-0.25, -0.2) is 0 Å². The van der Waals surface area contributed by atoms with Gasteiger partial charge < -0.3 is 9.47 Å². The molecule has 1 aromatic heterocycles. The van der Waals surface area contributed by atoms with Crippen molar-refractivity contribution in [3.05, 3.63) is 175 Å². The van der Waals surface area contributed by atoms with Crippen LogP contribution in [0.5, 0.6) is 0 Å². The third kappa shape index (κ3) is 6.20. The van der Waals surface area contributed by atoms with Gasteiger partial charge in [-0.05, 0) is 72.7 Å². The molecule has 2 unspecified atom stereocenters. The third-order valence-electron chi connectivity index (χ3n) is 8.58. The molecule has 2 atom stereocenters. The van der Waals surface area contributed by atoms with E-state index >= 15 is 0 Å². The quantitative estimate of drug-likeness (QED) is 0.236. The van der Waals surface area contributed by atoms with E-state index in [0.717, 1.165) is 36.2 Å². The molecule has 214 valence electrons. The SMILES string of the molecule is C=C(/C=C\C(=C)N(C/C=C\C=C1\C=CC=CC1C)c1ccc2c(c1)c1c(n2-c2ccccc2)CCC=C1)C1C=CC=CC1. The molecule has 2 aromatic carbocycles. The molecule has 3 aromatic rings. The van der Waals surface area contributed by atoms with Crippen molar-refractivity contribution in [2.75, 3.05) is 11.4 Å². The Morgan fingerprint density at radius 3 is 2.63 bits per heavy atom. The van der Waals surface area contributed by atoms with Crippen LogP contribution in [0.15, 0.2) is 164 Å². The monoisotopic (exact) mass is 560 g/mol. The van der Waals surface area contributed by atoms with Gasteiger partial charge in [0, 0.05) is 46.2 Å². The lowest BCUT2D eigenvalue weighted by Crippen LogP contribution is -2.21. The van der Waals surface area contributed by atoms with E-state index in [2.05, 4.69) is 169 Å². The summed E-state index contributed by atoms with van der Waals surface area (Å²) >= 11 is 0. The number of fused-ring (bicyclic) bond motifs is 3. The minimum atomic E-state index is 0.334. The summed E-state index contributed by atoms with van der Waals surface area (Å²) in [5.41, 5.74) is 9.64. The van der Waals surface area contributed by atoms with E-state index in [9.17, 15) is 0 Å². The minimum Gasteiger partial charge on any atom is -0.338 e. The number of hydrogen-bond donors (Lipinski definition) is 0. The standard InChI is InChI=1S/C41H40N2/c1-31-16-10-11-19-34(31)20-14-15-29-42(33(3)26-25-32(2)35-17-6-4-7-18-35)37-27-28-41-39(30-37)38-23-12-13-24-40(38)43(41)36-21-8-5-9-22-36/h4-12,14-17,19-23,25-28,30-31,35H,2-3,13,18,24,29H2,1H3/b15-14-,26-25-,34-20-. The van der Waals surface area contributed by atoms with Crippen LogP contribution in [0.25, 0.3) is 22.7 Å².